The van der Waals surface area contributed by atoms with Gasteiger partial charge in [-0.1, -0.05) is 49.4 Å². The van der Waals surface area contributed by atoms with Crippen molar-refractivity contribution in [2.24, 2.45) is 5.73 Å². The lowest BCUT2D eigenvalue weighted by atomic mass is 9.83. The van der Waals surface area contributed by atoms with Crippen LogP contribution in [0.4, 0.5) is 4.39 Å². The third-order valence-corrected chi connectivity index (χ3v) is 4.57. The molecule has 1 unspecified atom stereocenters. The molecule has 0 saturated carbocycles. The summed E-state index contributed by atoms with van der Waals surface area (Å²) < 4.78 is 14.1. The van der Waals surface area contributed by atoms with Crippen LogP contribution in [0.1, 0.15) is 24.5 Å². The van der Waals surface area contributed by atoms with Gasteiger partial charge >= 0.3 is 0 Å². The van der Waals surface area contributed by atoms with Crippen LogP contribution in [0, 0.1) is 5.82 Å². The summed E-state index contributed by atoms with van der Waals surface area (Å²) in [5.41, 5.74) is 8.31. The van der Waals surface area contributed by atoms with Crippen molar-refractivity contribution in [1.29, 1.82) is 0 Å². The molecule has 0 aliphatic heterocycles. The van der Waals surface area contributed by atoms with Crippen LogP contribution >= 0.6 is 15.9 Å². The molecule has 0 amide bonds. The molecule has 0 heterocycles. The number of rotatable bonds is 5. The van der Waals surface area contributed by atoms with Crippen LogP contribution in [0.25, 0.3) is 0 Å². The van der Waals surface area contributed by atoms with Crippen LogP contribution in [0.15, 0.2) is 53.0 Å². The zero-order valence-electron chi connectivity index (χ0n) is 11.6. The maximum absolute atomic E-state index is 13.6. The van der Waals surface area contributed by atoms with Crippen molar-refractivity contribution in [1.82, 2.24) is 0 Å². The van der Waals surface area contributed by atoms with Gasteiger partial charge in [0.05, 0.1) is 4.47 Å². The van der Waals surface area contributed by atoms with Gasteiger partial charge in [0.1, 0.15) is 5.82 Å². The zero-order chi connectivity index (χ0) is 14.6. The molecule has 0 saturated heterocycles. The second kappa shape index (κ2) is 6.51. The molecule has 0 aliphatic carbocycles. The first kappa shape index (κ1) is 15.2. The molecule has 20 heavy (non-hydrogen) atoms. The third-order valence-electron chi connectivity index (χ3n) is 3.68. The summed E-state index contributed by atoms with van der Waals surface area (Å²) in [6, 6.07) is 15.3. The predicted octanol–water partition coefficient (Wildman–Crippen LogP) is 4.48. The highest BCUT2D eigenvalue weighted by atomic mass is 79.9. The first-order valence-corrected chi connectivity index (χ1v) is 7.59. The van der Waals surface area contributed by atoms with E-state index in [0.29, 0.717) is 10.9 Å². The summed E-state index contributed by atoms with van der Waals surface area (Å²) in [7, 11) is 0. The Hall–Kier alpha value is -1.19. The second-order valence-corrected chi connectivity index (χ2v) is 6.06. The predicted molar refractivity (Wildman–Crippen MR) is 85.2 cm³/mol. The Labute approximate surface area is 128 Å². The van der Waals surface area contributed by atoms with Crippen molar-refractivity contribution in [2.45, 2.75) is 31.7 Å². The maximum Gasteiger partial charge on any atom is 0.137 e. The summed E-state index contributed by atoms with van der Waals surface area (Å²) in [5.74, 6) is -0.235. The number of hydrogen-bond donors (Lipinski definition) is 1. The average Bonchev–Trinajstić information content (AvgIpc) is 2.45. The molecule has 0 bridgehead atoms. The molecule has 2 N–H and O–H groups in total. The van der Waals surface area contributed by atoms with Gasteiger partial charge in [-0.3, -0.25) is 0 Å². The van der Waals surface area contributed by atoms with Crippen LogP contribution < -0.4 is 5.73 Å². The Morgan fingerprint density at radius 3 is 2.40 bits per heavy atom. The highest BCUT2D eigenvalue weighted by molar-refractivity contribution is 9.10. The summed E-state index contributed by atoms with van der Waals surface area (Å²) >= 11 is 3.32. The minimum atomic E-state index is -0.363. The van der Waals surface area contributed by atoms with Crippen molar-refractivity contribution in [3.63, 3.8) is 0 Å². The number of nitrogens with two attached hydrogens (primary N) is 1. The van der Waals surface area contributed by atoms with E-state index in [0.717, 1.165) is 18.4 Å². The van der Waals surface area contributed by atoms with Crippen LogP contribution in [-0.4, -0.2) is 5.54 Å². The Bertz CT molecular complexity index is 570. The van der Waals surface area contributed by atoms with Gasteiger partial charge in [-0.15, -0.1) is 0 Å². The van der Waals surface area contributed by atoms with Crippen LogP contribution in [0.2, 0.25) is 0 Å². The minimum Gasteiger partial charge on any atom is -0.325 e. The van der Waals surface area contributed by atoms with Gasteiger partial charge in [0.15, 0.2) is 0 Å². The fourth-order valence-corrected chi connectivity index (χ4v) is 2.78. The molecule has 0 aliphatic rings. The molecule has 0 aromatic heterocycles. The summed E-state index contributed by atoms with van der Waals surface area (Å²) in [6.45, 7) is 2.08. The van der Waals surface area contributed by atoms with Crippen molar-refractivity contribution < 1.29 is 4.39 Å². The van der Waals surface area contributed by atoms with E-state index in [1.165, 1.54) is 11.6 Å². The SMILES string of the molecule is CCC(N)(Cc1ccccc1)Cc1cccc(F)c1Br. The quantitative estimate of drug-likeness (QED) is 0.856. The van der Waals surface area contributed by atoms with E-state index in [4.69, 9.17) is 5.73 Å². The van der Waals surface area contributed by atoms with E-state index in [9.17, 15) is 4.39 Å². The first-order chi connectivity index (χ1) is 9.54. The van der Waals surface area contributed by atoms with Gasteiger partial charge < -0.3 is 5.73 Å². The van der Waals surface area contributed by atoms with E-state index >= 15 is 0 Å². The summed E-state index contributed by atoms with van der Waals surface area (Å²) in [6.07, 6.45) is 2.27. The van der Waals surface area contributed by atoms with E-state index in [-0.39, 0.29) is 11.4 Å². The number of halogens is 2. The smallest absolute Gasteiger partial charge is 0.137 e. The molecular formula is C17H19BrFN. The maximum atomic E-state index is 13.6. The molecule has 2 rings (SSSR count). The standard InChI is InChI=1S/C17H19BrFN/c1-2-17(20,11-13-7-4-3-5-8-13)12-14-9-6-10-15(19)16(14)18/h3-10H,2,11-12,20H2,1H3. The molecule has 1 nitrogen and oxygen atoms in total. The van der Waals surface area contributed by atoms with Crippen molar-refractivity contribution in [3.05, 3.63) is 69.9 Å². The zero-order valence-corrected chi connectivity index (χ0v) is 13.2. The fraction of sp³-hybridized carbons (Fsp3) is 0.294. The van der Waals surface area contributed by atoms with Crippen molar-refractivity contribution >= 4 is 15.9 Å². The molecule has 1 atom stereocenters. The monoisotopic (exact) mass is 335 g/mol. The van der Waals surface area contributed by atoms with Crippen LogP contribution in [0.3, 0.4) is 0 Å². The van der Waals surface area contributed by atoms with Gasteiger partial charge in [-0.25, -0.2) is 4.39 Å². The van der Waals surface area contributed by atoms with Gasteiger partial charge in [0.25, 0.3) is 0 Å². The summed E-state index contributed by atoms with van der Waals surface area (Å²) in [4.78, 5) is 0. The summed E-state index contributed by atoms with van der Waals surface area (Å²) in [5, 5.41) is 0. The number of hydrogen-bond acceptors (Lipinski definition) is 1. The molecular weight excluding hydrogens is 317 g/mol. The highest BCUT2D eigenvalue weighted by Crippen LogP contribution is 2.26. The molecule has 2 aromatic carbocycles. The molecule has 2 aromatic rings. The Balaban J connectivity index is 2.21. The van der Waals surface area contributed by atoms with Gasteiger partial charge in [-0.05, 0) is 52.4 Å². The highest BCUT2D eigenvalue weighted by Gasteiger charge is 2.25. The molecule has 0 fully saturated rings. The minimum absolute atomic E-state index is 0.235. The molecule has 3 heteroatoms. The Morgan fingerprint density at radius 1 is 1.05 bits per heavy atom. The molecule has 0 spiro atoms. The first-order valence-electron chi connectivity index (χ1n) is 6.80. The topological polar surface area (TPSA) is 26.0 Å². The van der Waals surface area contributed by atoms with E-state index in [1.807, 2.05) is 24.3 Å². The van der Waals surface area contributed by atoms with Gasteiger partial charge in [0.2, 0.25) is 0 Å². The lowest BCUT2D eigenvalue weighted by Gasteiger charge is -2.29. The largest absolute Gasteiger partial charge is 0.325 e. The van der Waals surface area contributed by atoms with Gasteiger partial charge in [-0.2, -0.15) is 0 Å². The lowest BCUT2D eigenvalue weighted by Crippen LogP contribution is -2.43. The van der Waals surface area contributed by atoms with Crippen molar-refractivity contribution in [3.8, 4) is 0 Å². The lowest BCUT2D eigenvalue weighted by molar-refractivity contribution is 0.402. The van der Waals surface area contributed by atoms with E-state index in [1.54, 1.807) is 6.07 Å². The second-order valence-electron chi connectivity index (χ2n) is 5.27. The Kier molecular flexibility index (Phi) is 4.95. The van der Waals surface area contributed by atoms with E-state index in [2.05, 4.69) is 35.0 Å². The fourth-order valence-electron chi connectivity index (χ4n) is 2.38. The van der Waals surface area contributed by atoms with Crippen LogP contribution in [-0.2, 0) is 12.8 Å². The third kappa shape index (κ3) is 3.68. The van der Waals surface area contributed by atoms with Crippen molar-refractivity contribution in [2.75, 3.05) is 0 Å². The average molecular weight is 336 g/mol. The Morgan fingerprint density at radius 2 is 1.75 bits per heavy atom. The normalized spacial score (nSPS) is 14.0. The van der Waals surface area contributed by atoms with Crippen LogP contribution in [0.5, 0.6) is 0 Å². The molecule has 0 radical (unpaired) electrons. The number of benzene rings is 2. The van der Waals surface area contributed by atoms with E-state index < -0.39 is 0 Å². The van der Waals surface area contributed by atoms with Gasteiger partial charge in [0, 0.05) is 5.54 Å². The molecule has 106 valence electrons.